The number of aryl methyl sites for hydroxylation is 2. The first-order valence-electron chi connectivity index (χ1n) is 9.05. The Labute approximate surface area is 171 Å². The Kier molecular flexibility index (Phi) is 5.12. The van der Waals surface area contributed by atoms with Crippen LogP contribution in [0.4, 0.5) is 17.3 Å². The van der Waals surface area contributed by atoms with Crippen molar-refractivity contribution in [1.82, 2.24) is 20.3 Å². The molecular formula is C20H19N7O3. The molecular weight excluding hydrogens is 386 g/mol. The molecule has 0 aliphatic rings. The second-order valence-corrected chi connectivity index (χ2v) is 6.55. The number of aromatic nitrogens is 4. The van der Waals surface area contributed by atoms with Gasteiger partial charge in [0.15, 0.2) is 11.6 Å². The molecule has 10 nitrogen and oxygen atoms in total. The van der Waals surface area contributed by atoms with E-state index in [9.17, 15) is 5.11 Å². The second kappa shape index (κ2) is 8.03. The molecule has 0 spiro atoms. The standard InChI is InChI=1S/C20H19N7O3/c1-11-8-12(2)16(28)13(9-11)10-21-25-18-17(23-19-20(24-18)27-30-26-19)22-14-6-4-5-7-15(14)29-3/h4-10,28H,1-3H3,(H,22,23,26)(H,24,25,27)/b21-10+. The lowest BCUT2D eigenvalue weighted by atomic mass is 10.1. The van der Waals surface area contributed by atoms with Crippen LogP contribution >= 0.6 is 0 Å². The monoisotopic (exact) mass is 405 g/mol. The number of nitrogens with one attached hydrogen (secondary N) is 2. The Morgan fingerprint density at radius 1 is 1.07 bits per heavy atom. The van der Waals surface area contributed by atoms with Gasteiger partial charge in [0.2, 0.25) is 11.3 Å². The number of anilines is 3. The predicted octanol–water partition coefficient (Wildman–Crippen LogP) is 3.53. The van der Waals surface area contributed by atoms with E-state index < -0.39 is 0 Å². The van der Waals surface area contributed by atoms with Crippen LogP contribution in [0.1, 0.15) is 16.7 Å². The molecule has 0 aliphatic heterocycles. The van der Waals surface area contributed by atoms with Gasteiger partial charge in [0.25, 0.3) is 0 Å². The molecule has 2 heterocycles. The van der Waals surface area contributed by atoms with Gasteiger partial charge in [-0.05, 0) is 53.5 Å². The van der Waals surface area contributed by atoms with E-state index in [4.69, 9.17) is 9.37 Å². The van der Waals surface area contributed by atoms with Gasteiger partial charge in [-0.3, -0.25) is 5.43 Å². The first-order valence-corrected chi connectivity index (χ1v) is 9.05. The fraction of sp³-hybridized carbons (Fsp3) is 0.150. The van der Waals surface area contributed by atoms with Gasteiger partial charge in [0.05, 0.1) is 19.0 Å². The topological polar surface area (TPSA) is 131 Å². The molecule has 0 radical (unpaired) electrons. The third kappa shape index (κ3) is 3.83. The van der Waals surface area contributed by atoms with E-state index in [0.717, 1.165) is 11.1 Å². The molecule has 0 amide bonds. The molecule has 10 heteroatoms. The van der Waals surface area contributed by atoms with Gasteiger partial charge in [-0.25, -0.2) is 9.61 Å². The number of ether oxygens (including phenoxy) is 1. The van der Waals surface area contributed by atoms with Gasteiger partial charge < -0.3 is 15.2 Å². The number of benzene rings is 2. The summed E-state index contributed by atoms with van der Waals surface area (Å²) in [5, 5.41) is 25.1. The zero-order valence-corrected chi connectivity index (χ0v) is 16.5. The predicted molar refractivity (Wildman–Crippen MR) is 112 cm³/mol. The second-order valence-electron chi connectivity index (χ2n) is 6.55. The van der Waals surface area contributed by atoms with Crippen LogP contribution in [0.2, 0.25) is 0 Å². The highest BCUT2D eigenvalue weighted by molar-refractivity contribution is 5.85. The summed E-state index contributed by atoms with van der Waals surface area (Å²) in [6.45, 7) is 3.78. The number of rotatable bonds is 6. The van der Waals surface area contributed by atoms with Crippen LogP contribution in [-0.4, -0.2) is 38.7 Å². The van der Waals surface area contributed by atoms with Crippen LogP contribution in [0, 0.1) is 13.8 Å². The number of aromatic hydroxyl groups is 1. The van der Waals surface area contributed by atoms with Crippen molar-refractivity contribution in [3.63, 3.8) is 0 Å². The summed E-state index contributed by atoms with van der Waals surface area (Å²) in [6, 6.07) is 11.1. The molecule has 0 saturated carbocycles. The Balaban J connectivity index is 1.67. The van der Waals surface area contributed by atoms with Crippen molar-refractivity contribution in [3.8, 4) is 11.5 Å². The molecule has 4 rings (SSSR count). The molecule has 0 aliphatic carbocycles. The number of hydrogen-bond acceptors (Lipinski definition) is 10. The van der Waals surface area contributed by atoms with Gasteiger partial charge in [-0.15, -0.1) is 0 Å². The van der Waals surface area contributed by atoms with Crippen molar-refractivity contribution >= 4 is 34.8 Å². The fourth-order valence-electron chi connectivity index (χ4n) is 2.93. The third-order valence-electron chi connectivity index (χ3n) is 4.32. The van der Waals surface area contributed by atoms with E-state index in [2.05, 4.69) is 36.1 Å². The summed E-state index contributed by atoms with van der Waals surface area (Å²) >= 11 is 0. The molecule has 3 N–H and O–H groups in total. The van der Waals surface area contributed by atoms with Crippen LogP contribution in [-0.2, 0) is 0 Å². The van der Waals surface area contributed by atoms with E-state index in [1.165, 1.54) is 6.21 Å². The van der Waals surface area contributed by atoms with E-state index in [1.807, 2.05) is 50.2 Å². The van der Waals surface area contributed by atoms with Crippen LogP contribution in [0.15, 0.2) is 46.1 Å². The quantitative estimate of drug-likeness (QED) is 0.326. The molecule has 4 aromatic rings. The Morgan fingerprint density at radius 3 is 2.57 bits per heavy atom. The number of hydrogen-bond donors (Lipinski definition) is 3. The van der Waals surface area contributed by atoms with E-state index in [-0.39, 0.29) is 17.0 Å². The molecule has 30 heavy (non-hydrogen) atoms. The maximum absolute atomic E-state index is 10.2. The molecule has 0 saturated heterocycles. The van der Waals surface area contributed by atoms with Gasteiger partial charge in [-0.2, -0.15) is 10.1 Å². The van der Waals surface area contributed by atoms with Crippen molar-refractivity contribution in [2.45, 2.75) is 13.8 Å². The molecule has 0 bridgehead atoms. The minimum atomic E-state index is 0.167. The average molecular weight is 405 g/mol. The first-order chi connectivity index (χ1) is 14.5. The lowest BCUT2D eigenvalue weighted by Gasteiger charge is -2.12. The number of methoxy groups -OCH3 is 1. The highest BCUT2D eigenvalue weighted by Gasteiger charge is 2.14. The number of phenolic OH excluding ortho intramolecular Hbond substituents is 1. The lowest BCUT2D eigenvalue weighted by Crippen LogP contribution is -2.04. The molecule has 0 unspecified atom stereocenters. The highest BCUT2D eigenvalue weighted by atomic mass is 16.6. The molecule has 0 atom stereocenters. The molecule has 0 fully saturated rings. The summed E-state index contributed by atoms with van der Waals surface area (Å²) in [5.41, 5.74) is 6.36. The number of fused-ring (bicyclic) bond motifs is 1. The van der Waals surface area contributed by atoms with Crippen LogP contribution in [0.25, 0.3) is 11.3 Å². The number of phenols is 1. The first kappa shape index (κ1) is 19.1. The van der Waals surface area contributed by atoms with Crippen LogP contribution in [0.5, 0.6) is 11.5 Å². The Hall–Kier alpha value is -4.21. The maximum atomic E-state index is 10.2. The molecule has 2 aromatic heterocycles. The van der Waals surface area contributed by atoms with Crippen LogP contribution < -0.4 is 15.5 Å². The van der Waals surface area contributed by atoms with Crippen LogP contribution in [0.3, 0.4) is 0 Å². The van der Waals surface area contributed by atoms with Gasteiger partial charge >= 0.3 is 0 Å². The minimum absolute atomic E-state index is 0.167. The fourth-order valence-corrected chi connectivity index (χ4v) is 2.93. The third-order valence-corrected chi connectivity index (χ3v) is 4.32. The van der Waals surface area contributed by atoms with Crippen molar-refractivity contribution in [1.29, 1.82) is 0 Å². The average Bonchev–Trinajstić information content (AvgIpc) is 3.19. The zero-order valence-electron chi connectivity index (χ0n) is 16.5. The van der Waals surface area contributed by atoms with Crippen molar-refractivity contribution in [3.05, 3.63) is 53.1 Å². The van der Waals surface area contributed by atoms with Gasteiger partial charge in [0, 0.05) is 5.56 Å². The lowest BCUT2D eigenvalue weighted by molar-refractivity contribution is 0.314. The normalized spacial score (nSPS) is 11.2. The minimum Gasteiger partial charge on any atom is -0.507 e. The Morgan fingerprint density at radius 2 is 1.80 bits per heavy atom. The van der Waals surface area contributed by atoms with Gasteiger partial charge in [-0.1, -0.05) is 18.2 Å². The van der Waals surface area contributed by atoms with Gasteiger partial charge in [0.1, 0.15) is 11.5 Å². The molecule has 2 aromatic carbocycles. The summed E-state index contributed by atoms with van der Waals surface area (Å²) in [6.07, 6.45) is 1.51. The smallest absolute Gasteiger partial charge is 0.245 e. The maximum Gasteiger partial charge on any atom is 0.245 e. The van der Waals surface area contributed by atoms with E-state index in [0.29, 0.717) is 28.6 Å². The SMILES string of the molecule is COc1ccccc1Nc1nc2nonc2nc1N/N=C/c1cc(C)cc(C)c1O. The van der Waals surface area contributed by atoms with Crippen molar-refractivity contribution in [2.75, 3.05) is 17.9 Å². The Bertz CT molecular complexity index is 1240. The summed E-state index contributed by atoms with van der Waals surface area (Å²) in [4.78, 5) is 8.75. The molecule has 152 valence electrons. The van der Waals surface area contributed by atoms with Crippen molar-refractivity contribution in [2.24, 2.45) is 5.10 Å². The number of para-hydroxylation sites is 2. The highest BCUT2D eigenvalue weighted by Crippen LogP contribution is 2.30. The van der Waals surface area contributed by atoms with E-state index >= 15 is 0 Å². The summed E-state index contributed by atoms with van der Waals surface area (Å²) < 4.78 is 10.1. The summed E-state index contributed by atoms with van der Waals surface area (Å²) in [7, 11) is 1.58. The van der Waals surface area contributed by atoms with E-state index in [1.54, 1.807) is 7.11 Å². The number of hydrazone groups is 1. The zero-order chi connectivity index (χ0) is 21.1. The summed E-state index contributed by atoms with van der Waals surface area (Å²) in [5.74, 6) is 1.45. The van der Waals surface area contributed by atoms with Crippen molar-refractivity contribution < 1.29 is 14.5 Å². The largest absolute Gasteiger partial charge is 0.507 e. The number of nitrogens with zero attached hydrogens (tertiary/aromatic N) is 5.